The van der Waals surface area contributed by atoms with E-state index in [1.807, 2.05) is 0 Å². The van der Waals surface area contributed by atoms with Gasteiger partial charge in [0.15, 0.2) is 0 Å². The standard InChI is InChI=1S/C20H18N2O6/c1-11-15(8-12-9-16(27-2)18(23)17(10-12)28-3)19(24)22(21-11)14-6-4-13(5-7-14)20(25)26/h4-10,23H,1-3H3,(H,25,26)/p-1/b15-8+. The van der Waals surface area contributed by atoms with Crippen LogP contribution in [0.15, 0.2) is 47.1 Å². The Morgan fingerprint density at radius 1 is 1.14 bits per heavy atom. The van der Waals surface area contributed by atoms with Crippen LogP contribution in [0.3, 0.4) is 0 Å². The fourth-order valence-corrected chi connectivity index (χ4v) is 2.75. The van der Waals surface area contributed by atoms with Crippen molar-refractivity contribution in [3.8, 4) is 17.2 Å². The molecule has 144 valence electrons. The number of rotatable bonds is 5. The van der Waals surface area contributed by atoms with Crippen molar-refractivity contribution in [2.45, 2.75) is 6.92 Å². The van der Waals surface area contributed by atoms with Gasteiger partial charge in [0.25, 0.3) is 5.91 Å². The van der Waals surface area contributed by atoms with Gasteiger partial charge in [0.1, 0.15) is 11.5 Å². The quantitative estimate of drug-likeness (QED) is 0.796. The minimum atomic E-state index is -1.05. The molecule has 8 heteroatoms. The third kappa shape index (κ3) is 3.39. The van der Waals surface area contributed by atoms with Crippen molar-refractivity contribution in [3.63, 3.8) is 0 Å². The molecule has 1 amide bonds. The predicted molar refractivity (Wildman–Crippen MR) is 101 cm³/mol. The molecule has 1 heterocycles. The van der Waals surface area contributed by atoms with Crippen LogP contribution in [0, 0.1) is 0 Å². The lowest BCUT2D eigenvalue weighted by Gasteiger charge is -2.17. The molecule has 0 fully saturated rings. The number of aromatic carboxylic acids is 1. The molecule has 3 rings (SSSR count). The Labute approximate surface area is 160 Å². The van der Waals surface area contributed by atoms with Crippen LogP contribution < -0.4 is 19.6 Å². The molecule has 1 aliphatic rings. The third-order valence-corrected chi connectivity index (χ3v) is 4.22. The van der Waals surface area contributed by atoms with Gasteiger partial charge < -0.3 is 19.7 Å². The first kappa shape index (κ1) is 19.0. The summed E-state index contributed by atoms with van der Waals surface area (Å²) in [5, 5.41) is 26.5. The number of carboxylic acids is 1. The number of nitrogens with zero attached hydrogens (tertiary/aromatic N) is 2. The summed E-state index contributed by atoms with van der Waals surface area (Å²) >= 11 is 0. The van der Waals surface area contributed by atoms with Gasteiger partial charge >= 0.3 is 5.97 Å². The molecular weight excluding hydrogens is 364 g/mol. The molecule has 2 aromatic rings. The van der Waals surface area contributed by atoms with Gasteiger partial charge in [-0.2, -0.15) is 10.1 Å². The highest BCUT2D eigenvalue weighted by molar-refractivity contribution is 6.32. The van der Waals surface area contributed by atoms with Crippen molar-refractivity contribution in [1.82, 2.24) is 0 Å². The van der Waals surface area contributed by atoms with E-state index >= 15 is 0 Å². The van der Waals surface area contributed by atoms with E-state index in [0.29, 0.717) is 22.5 Å². The van der Waals surface area contributed by atoms with Gasteiger partial charge in [-0.15, -0.1) is 0 Å². The molecule has 0 atom stereocenters. The van der Waals surface area contributed by atoms with Gasteiger partial charge in [0.2, 0.25) is 0 Å². The fraction of sp³-hybridized carbons (Fsp3) is 0.150. The first-order chi connectivity index (χ1) is 13.3. The van der Waals surface area contributed by atoms with E-state index in [1.54, 1.807) is 13.0 Å². The molecule has 0 aromatic heterocycles. The number of carbonyl (C=O) groups excluding carboxylic acids is 1. The first-order valence-corrected chi connectivity index (χ1v) is 8.23. The Balaban J connectivity index is 1.95. The molecule has 2 aromatic carbocycles. The molecule has 0 saturated carbocycles. The smallest absolute Gasteiger partial charge is 0.335 e. The summed E-state index contributed by atoms with van der Waals surface area (Å²) in [6.07, 6.45) is 1.59. The number of benzene rings is 2. The van der Waals surface area contributed by atoms with Crippen LogP contribution in [0.1, 0.15) is 22.8 Å². The van der Waals surface area contributed by atoms with E-state index in [1.165, 1.54) is 55.6 Å². The molecule has 0 saturated heterocycles. The summed E-state index contributed by atoms with van der Waals surface area (Å²) in [5.41, 5.74) is 1.93. The monoisotopic (exact) mass is 381 g/mol. The molecule has 28 heavy (non-hydrogen) atoms. The van der Waals surface area contributed by atoms with Gasteiger partial charge in [0, 0.05) is 0 Å². The van der Waals surface area contributed by atoms with Crippen molar-refractivity contribution in [2.24, 2.45) is 5.10 Å². The molecule has 1 aliphatic heterocycles. The maximum atomic E-state index is 12.8. The second kappa shape index (κ2) is 7.43. The number of ether oxygens (including phenoxy) is 2. The van der Waals surface area contributed by atoms with E-state index < -0.39 is 5.97 Å². The number of carbonyl (C=O) groups is 2. The average Bonchev–Trinajstić information content (AvgIpc) is 2.97. The van der Waals surface area contributed by atoms with Crippen LogP contribution in [-0.2, 0) is 4.79 Å². The van der Waals surface area contributed by atoms with Crippen LogP contribution in [0.5, 0.6) is 17.2 Å². The molecule has 0 bridgehead atoms. The largest absolute Gasteiger partial charge is 0.867 e. The Morgan fingerprint density at radius 3 is 2.21 bits per heavy atom. The Kier molecular flexibility index (Phi) is 5.04. The molecular formula is C20H17N2O6-. The third-order valence-electron chi connectivity index (χ3n) is 4.22. The SMILES string of the molecule is COc1cc(/C=C2/C(=O)N(c3ccc(C(=O)O)cc3)N=C2C)cc(OC)c1[O-]. The lowest BCUT2D eigenvalue weighted by molar-refractivity contribution is -0.271. The number of anilines is 1. The van der Waals surface area contributed by atoms with Crippen molar-refractivity contribution in [1.29, 1.82) is 0 Å². The average molecular weight is 381 g/mol. The number of hydrazone groups is 1. The summed E-state index contributed by atoms with van der Waals surface area (Å²) < 4.78 is 10.1. The topological polar surface area (TPSA) is 111 Å². The highest BCUT2D eigenvalue weighted by atomic mass is 16.5. The zero-order chi connectivity index (χ0) is 20.4. The molecule has 0 radical (unpaired) electrons. The number of hydrogen-bond acceptors (Lipinski definition) is 6. The van der Waals surface area contributed by atoms with Gasteiger partial charge in [-0.25, -0.2) is 4.79 Å². The maximum absolute atomic E-state index is 12.8. The fourth-order valence-electron chi connectivity index (χ4n) is 2.75. The van der Waals surface area contributed by atoms with Crippen LogP contribution in [0.25, 0.3) is 6.08 Å². The van der Waals surface area contributed by atoms with Gasteiger partial charge in [-0.3, -0.25) is 4.79 Å². The van der Waals surface area contributed by atoms with Crippen molar-refractivity contribution < 1.29 is 29.3 Å². The number of carboxylic acid groups (broad SMARTS) is 1. The molecule has 0 spiro atoms. The lowest BCUT2D eigenvalue weighted by Crippen LogP contribution is -2.21. The van der Waals surface area contributed by atoms with Crippen molar-refractivity contribution >= 4 is 29.4 Å². The van der Waals surface area contributed by atoms with Gasteiger partial charge in [-0.05, 0) is 60.7 Å². The second-order valence-corrected chi connectivity index (χ2v) is 5.97. The first-order valence-electron chi connectivity index (χ1n) is 8.23. The summed E-state index contributed by atoms with van der Waals surface area (Å²) in [6.45, 7) is 1.69. The van der Waals surface area contributed by atoms with Crippen LogP contribution >= 0.6 is 0 Å². The van der Waals surface area contributed by atoms with E-state index in [2.05, 4.69) is 5.10 Å². The Morgan fingerprint density at radius 2 is 1.71 bits per heavy atom. The molecule has 1 N–H and O–H groups in total. The minimum absolute atomic E-state index is 0.104. The van der Waals surface area contributed by atoms with Gasteiger partial charge in [-0.1, -0.05) is 0 Å². The Hall–Kier alpha value is -3.81. The van der Waals surface area contributed by atoms with Crippen LogP contribution in [-0.4, -0.2) is 36.9 Å². The van der Waals surface area contributed by atoms with Crippen LogP contribution in [0.4, 0.5) is 5.69 Å². The summed E-state index contributed by atoms with van der Waals surface area (Å²) in [6, 6.07) is 8.87. The van der Waals surface area contributed by atoms with E-state index in [9.17, 15) is 14.7 Å². The van der Waals surface area contributed by atoms with Crippen molar-refractivity contribution in [2.75, 3.05) is 19.2 Å². The van der Waals surface area contributed by atoms with Crippen molar-refractivity contribution in [3.05, 3.63) is 53.1 Å². The molecule has 0 unspecified atom stereocenters. The van der Waals surface area contributed by atoms with E-state index in [-0.39, 0.29) is 28.7 Å². The molecule has 0 aliphatic carbocycles. The van der Waals surface area contributed by atoms with Gasteiger partial charge in [0.05, 0.1) is 36.8 Å². The van der Waals surface area contributed by atoms with E-state index in [4.69, 9.17) is 14.6 Å². The number of amides is 1. The minimum Gasteiger partial charge on any atom is -0.867 e. The highest BCUT2D eigenvalue weighted by Gasteiger charge is 2.29. The van der Waals surface area contributed by atoms with Crippen LogP contribution in [0.2, 0.25) is 0 Å². The lowest BCUT2D eigenvalue weighted by atomic mass is 10.1. The maximum Gasteiger partial charge on any atom is 0.335 e. The Bertz CT molecular complexity index is 983. The summed E-state index contributed by atoms with van der Waals surface area (Å²) in [5.74, 6) is -1.59. The summed E-state index contributed by atoms with van der Waals surface area (Å²) in [4.78, 5) is 23.8. The summed E-state index contributed by atoms with van der Waals surface area (Å²) in [7, 11) is 2.76. The second-order valence-electron chi connectivity index (χ2n) is 5.97. The number of methoxy groups -OCH3 is 2. The predicted octanol–water partition coefficient (Wildman–Crippen LogP) is 2.28. The normalized spacial score (nSPS) is 15.0. The highest BCUT2D eigenvalue weighted by Crippen LogP contribution is 2.36. The zero-order valence-electron chi connectivity index (χ0n) is 15.4. The van der Waals surface area contributed by atoms with E-state index in [0.717, 1.165) is 0 Å². The molecule has 8 nitrogen and oxygen atoms in total. The number of hydrogen-bond donors (Lipinski definition) is 1. The zero-order valence-corrected chi connectivity index (χ0v) is 15.4.